The SMILES string of the molecule is CCC(COC(=O)N1CCC(O)(c2ccccc2)CC1)C(c1cc(F)ccc1F)S(=O)(=O)c1ccc(Cl)cc1. The number of hydrogen-bond donors (Lipinski definition) is 1. The summed E-state index contributed by atoms with van der Waals surface area (Å²) in [4.78, 5) is 14.3. The summed E-state index contributed by atoms with van der Waals surface area (Å²) in [5.41, 5.74) is -0.619. The number of nitrogens with zero attached hydrogens (tertiary/aromatic N) is 1. The average molecular weight is 578 g/mol. The van der Waals surface area contributed by atoms with Crippen molar-refractivity contribution in [1.29, 1.82) is 0 Å². The van der Waals surface area contributed by atoms with E-state index in [9.17, 15) is 27.1 Å². The number of rotatable bonds is 8. The highest BCUT2D eigenvalue weighted by Gasteiger charge is 2.39. The fourth-order valence-electron chi connectivity index (χ4n) is 4.96. The second kappa shape index (κ2) is 12.0. The van der Waals surface area contributed by atoms with Gasteiger partial charge in [-0.3, -0.25) is 0 Å². The van der Waals surface area contributed by atoms with E-state index in [1.54, 1.807) is 6.92 Å². The quantitative estimate of drug-likeness (QED) is 0.341. The second-order valence-electron chi connectivity index (χ2n) is 9.72. The fraction of sp³-hybridized carbons (Fsp3) is 0.345. The minimum absolute atomic E-state index is 0.110. The van der Waals surface area contributed by atoms with Crippen molar-refractivity contribution in [2.75, 3.05) is 19.7 Å². The van der Waals surface area contributed by atoms with Gasteiger partial charge in [0.05, 0.1) is 22.4 Å². The molecule has 6 nitrogen and oxygen atoms in total. The molecule has 0 aliphatic carbocycles. The van der Waals surface area contributed by atoms with Gasteiger partial charge in [-0.25, -0.2) is 22.0 Å². The Morgan fingerprint density at radius 3 is 2.31 bits per heavy atom. The molecule has 3 aromatic rings. The van der Waals surface area contributed by atoms with Crippen LogP contribution in [0.25, 0.3) is 0 Å². The highest BCUT2D eigenvalue weighted by Crippen LogP contribution is 2.39. The van der Waals surface area contributed by atoms with E-state index in [4.69, 9.17) is 16.3 Å². The lowest BCUT2D eigenvalue weighted by atomic mass is 9.84. The van der Waals surface area contributed by atoms with E-state index in [1.807, 2.05) is 30.3 Å². The predicted molar refractivity (Wildman–Crippen MR) is 144 cm³/mol. The van der Waals surface area contributed by atoms with Gasteiger partial charge in [-0.1, -0.05) is 48.9 Å². The van der Waals surface area contributed by atoms with Crippen molar-refractivity contribution in [3.63, 3.8) is 0 Å². The van der Waals surface area contributed by atoms with Crippen LogP contribution >= 0.6 is 11.6 Å². The number of amides is 1. The van der Waals surface area contributed by atoms with Crippen molar-refractivity contribution in [3.05, 3.63) is 101 Å². The Bertz CT molecular complexity index is 1390. The van der Waals surface area contributed by atoms with Gasteiger partial charge in [-0.05, 0) is 67.3 Å². The molecule has 1 aliphatic heterocycles. The molecule has 10 heteroatoms. The van der Waals surface area contributed by atoms with Crippen LogP contribution in [0.4, 0.5) is 13.6 Å². The average Bonchev–Trinajstić information content (AvgIpc) is 2.93. The number of carbonyl (C=O) groups excluding carboxylic acids is 1. The Labute approximate surface area is 232 Å². The monoisotopic (exact) mass is 577 g/mol. The number of hydrogen-bond acceptors (Lipinski definition) is 5. The van der Waals surface area contributed by atoms with Crippen molar-refractivity contribution in [1.82, 2.24) is 4.90 Å². The first-order valence-electron chi connectivity index (χ1n) is 12.7. The van der Waals surface area contributed by atoms with E-state index in [2.05, 4.69) is 0 Å². The number of sulfone groups is 1. The largest absolute Gasteiger partial charge is 0.449 e. The minimum Gasteiger partial charge on any atom is -0.449 e. The zero-order valence-electron chi connectivity index (χ0n) is 21.4. The molecule has 1 heterocycles. The van der Waals surface area contributed by atoms with Crippen molar-refractivity contribution in [2.45, 2.75) is 41.9 Å². The molecule has 0 spiro atoms. The summed E-state index contributed by atoms with van der Waals surface area (Å²) in [6.45, 7) is 1.85. The molecule has 1 N–H and O–H groups in total. The molecule has 0 bridgehead atoms. The summed E-state index contributed by atoms with van der Waals surface area (Å²) in [5.74, 6) is -2.54. The molecule has 2 atom stereocenters. The van der Waals surface area contributed by atoms with Gasteiger partial charge in [0.2, 0.25) is 0 Å². The molecule has 208 valence electrons. The Kier molecular flexibility index (Phi) is 8.93. The van der Waals surface area contributed by atoms with Gasteiger partial charge in [0, 0.05) is 29.6 Å². The summed E-state index contributed by atoms with van der Waals surface area (Å²) in [6, 6.07) is 17.3. The molecular formula is C29H30ClF2NO5S. The van der Waals surface area contributed by atoms with Crippen LogP contribution in [0.3, 0.4) is 0 Å². The molecular weight excluding hydrogens is 548 g/mol. The zero-order chi connectivity index (χ0) is 28.2. The Hall–Kier alpha value is -3.01. The van der Waals surface area contributed by atoms with Gasteiger partial charge < -0.3 is 14.7 Å². The first-order valence-corrected chi connectivity index (χ1v) is 14.6. The molecule has 2 unspecified atom stereocenters. The molecule has 4 rings (SSSR count). The van der Waals surface area contributed by atoms with Gasteiger partial charge in [0.25, 0.3) is 0 Å². The van der Waals surface area contributed by atoms with Gasteiger partial charge in [0.1, 0.15) is 11.6 Å². The normalized spacial score (nSPS) is 16.9. The smallest absolute Gasteiger partial charge is 0.409 e. The van der Waals surface area contributed by atoms with Crippen molar-refractivity contribution < 1.29 is 31.8 Å². The highest BCUT2D eigenvalue weighted by atomic mass is 35.5. The summed E-state index contributed by atoms with van der Waals surface area (Å²) < 4.78 is 62.1. The van der Waals surface area contributed by atoms with Gasteiger partial charge >= 0.3 is 6.09 Å². The summed E-state index contributed by atoms with van der Waals surface area (Å²) in [7, 11) is -4.24. The highest BCUT2D eigenvalue weighted by molar-refractivity contribution is 7.91. The summed E-state index contributed by atoms with van der Waals surface area (Å²) in [6.07, 6.45) is 0.163. The third kappa shape index (κ3) is 6.42. The summed E-state index contributed by atoms with van der Waals surface area (Å²) in [5, 5.41) is 9.85. The van der Waals surface area contributed by atoms with E-state index >= 15 is 0 Å². The molecule has 1 fully saturated rings. The van der Waals surface area contributed by atoms with Crippen LogP contribution in [0.5, 0.6) is 0 Å². The van der Waals surface area contributed by atoms with Crippen LogP contribution in [0.15, 0.2) is 77.7 Å². The molecule has 39 heavy (non-hydrogen) atoms. The summed E-state index contributed by atoms with van der Waals surface area (Å²) >= 11 is 5.92. The van der Waals surface area contributed by atoms with E-state index in [-0.39, 0.29) is 36.6 Å². The number of likely N-dealkylation sites (tertiary alicyclic amines) is 1. The van der Waals surface area contributed by atoms with E-state index in [0.717, 1.165) is 23.8 Å². The number of benzene rings is 3. The third-order valence-electron chi connectivity index (χ3n) is 7.27. The number of aliphatic hydroxyl groups is 1. The Balaban J connectivity index is 1.53. The molecule has 0 saturated carbocycles. The first-order chi connectivity index (χ1) is 18.5. The molecule has 1 amide bonds. The molecule has 1 aliphatic rings. The van der Waals surface area contributed by atoms with Crippen LogP contribution in [0, 0.1) is 17.6 Å². The third-order valence-corrected chi connectivity index (χ3v) is 9.76. The lowest BCUT2D eigenvalue weighted by Gasteiger charge is -2.38. The first kappa shape index (κ1) is 29.0. The van der Waals surface area contributed by atoms with E-state index < -0.39 is 44.3 Å². The lowest BCUT2D eigenvalue weighted by molar-refractivity contribution is -0.0260. The maximum atomic E-state index is 14.9. The van der Waals surface area contributed by atoms with Crippen molar-refractivity contribution >= 4 is 27.5 Å². The van der Waals surface area contributed by atoms with Crippen LogP contribution in [0.1, 0.15) is 42.6 Å². The van der Waals surface area contributed by atoms with Crippen LogP contribution in [-0.2, 0) is 20.2 Å². The van der Waals surface area contributed by atoms with E-state index in [1.165, 1.54) is 29.2 Å². The van der Waals surface area contributed by atoms with Gasteiger partial charge in [0.15, 0.2) is 9.84 Å². The number of halogens is 3. The predicted octanol–water partition coefficient (Wildman–Crippen LogP) is 6.28. The number of carbonyl (C=O) groups is 1. The standard InChI is InChI=1S/C29H30ClF2NO5S/c1-2-20(19-38-28(34)33-16-14-29(35,15-17-33)21-6-4-3-5-7-21)27(25-18-23(31)10-13-26(25)32)39(36,37)24-11-8-22(30)9-12-24/h3-13,18,20,27,35H,2,14-17,19H2,1H3. The van der Waals surface area contributed by atoms with Gasteiger partial charge in [-0.2, -0.15) is 0 Å². The number of ether oxygens (including phenoxy) is 1. The van der Waals surface area contributed by atoms with E-state index in [0.29, 0.717) is 17.9 Å². The van der Waals surface area contributed by atoms with Crippen LogP contribution in [0.2, 0.25) is 5.02 Å². The Morgan fingerprint density at radius 1 is 1.05 bits per heavy atom. The molecule has 0 radical (unpaired) electrons. The molecule has 3 aromatic carbocycles. The van der Waals surface area contributed by atoms with Crippen LogP contribution < -0.4 is 0 Å². The maximum Gasteiger partial charge on any atom is 0.409 e. The fourth-order valence-corrected chi connectivity index (χ4v) is 7.19. The number of piperidine rings is 1. The second-order valence-corrected chi connectivity index (χ2v) is 12.2. The van der Waals surface area contributed by atoms with Gasteiger partial charge in [-0.15, -0.1) is 0 Å². The minimum atomic E-state index is -4.24. The Morgan fingerprint density at radius 2 is 1.69 bits per heavy atom. The topological polar surface area (TPSA) is 83.9 Å². The van der Waals surface area contributed by atoms with Crippen LogP contribution in [-0.4, -0.2) is 44.2 Å². The maximum absolute atomic E-state index is 14.9. The van der Waals surface area contributed by atoms with Crippen molar-refractivity contribution in [2.24, 2.45) is 5.92 Å². The van der Waals surface area contributed by atoms with Crippen molar-refractivity contribution in [3.8, 4) is 0 Å². The molecule has 0 aromatic heterocycles. The molecule has 1 saturated heterocycles. The lowest BCUT2D eigenvalue weighted by Crippen LogP contribution is -2.45. The zero-order valence-corrected chi connectivity index (χ0v) is 23.0.